The minimum Gasteiger partial charge on any atom is -0.487 e. The van der Waals surface area contributed by atoms with Crippen LogP contribution in [0, 0.1) is 17.5 Å². The van der Waals surface area contributed by atoms with Gasteiger partial charge in [0.2, 0.25) is 32.6 Å². The molecule has 36 nitrogen and oxygen atoms in total. The Bertz CT molecular complexity index is 6780. The number of rotatable bonds is 13. The van der Waals surface area contributed by atoms with Crippen LogP contribution in [0.5, 0.6) is 5.75 Å². The number of likely N-dealkylation sites (N-methyl/N-ethyl adjacent to an activating group) is 1. The molecule has 0 amide bonds. The third-order valence-electron chi connectivity index (χ3n) is 21.1. The molecule has 4 aliphatic heterocycles. The first kappa shape index (κ1) is 89.2. The van der Waals surface area contributed by atoms with Gasteiger partial charge in [-0.25, -0.2) is 56.5 Å². The van der Waals surface area contributed by atoms with E-state index in [1.54, 1.807) is 15.2 Å². The van der Waals surface area contributed by atoms with Gasteiger partial charge in [-0.3, -0.25) is 28.8 Å². The van der Waals surface area contributed by atoms with E-state index in [4.69, 9.17) is 35.4 Å². The highest BCUT2D eigenvalue weighted by molar-refractivity contribution is 6.04. The van der Waals surface area contributed by atoms with Crippen molar-refractivity contribution in [3.05, 3.63) is 245 Å². The molecule has 42 heteroatoms. The highest BCUT2D eigenvalue weighted by Gasteiger charge is 2.35. The smallest absolute Gasteiger partial charge is 0.416 e. The lowest BCUT2D eigenvalue weighted by molar-refractivity contribution is -0.137. The largest absolute Gasteiger partial charge is 0.487 e. The van der Waals surface area contributed by atoms with Crippen LogP contribution < -0.4 is 62.6 Å². The number of carboxylic acids is 8. The summed E-state index contributed by atoms with van der Waals surface area (Å²) in [5.41, 5.74) is -5.00. The second kappa shape index (κ2) is 36.7. The number of aryl methyl sites for hydroxylation is 1. The first-order valence-corrected chi connectivity index (χ1v) is 38.2. The number of carboxylic acid groups (broad SMARTS) is 8. The number of anilines is 3. The van der Waals surface area contributed by atoms with E-state index >= 15 is 0 Å². The van der Waals surface area contributed by atoms with E-state index < -0.39 is 126 Å². The summed E-state index contributed by atoms with van der Waals surface area (Å²) in [7, 11) is 2.02. The average Bonchev–Trinajstić information content (AvgIpc) is 1.49. The Kier molecular flexibility index (Phi) is 26.2. The Morgan fingerprint density at radius 2 is 0.984 bits per heavy atom. The second-order valence-corrected chi connectivity index (χ2v) is 29.1. The van der Waals surface area contributed by atoms with Gasteiger partial charge in [0.15, 0.2) is 23.2 Å². The van der Waals surface area contributed by atoms with Gasteiger partial charge in [0, 0.05) is 161 Å². The van der Waals surface area contributed by atoms with Crippen molar-refractivity contribution in [2.45, 2.75) is 51.5 Å². The summed E-state index contributed by atoms with van der Waals surface area (Å²) < 4.78 is 92.3. The standard InChI is InChI=1S/C18H20FN3O4.C17H18FN3O3.C15H17FN4O3.C11H6F3NO3.2C11H7NO5/c1-10-9-26-17-14-11(16(23)12(18(24)25)8-22(10)14)7-13(19)15(17)21-5-3-20(2)4-6-21;18-13-7-11-14(8-15(13)20-5-3-19-4-6-20)21(10-1-2-10)9-12(16(11)22)17(23)24;1-2-19-8-10(15(22)23)12(21)9-7-11(16)14(18-13(9)19)20-5-3-17-4-6-20;12-11(13,14)5-1-2-6-8(3-5)15-4-7(9(6)16)10(17)18;13-9-6-3-5(10(14)15)1-2-8(6)12-4-7(9)11(16)17;13-9-5-2-1-3-6(10(14)15)8(5)12-4-7(9)11(16)17/h7-8,10H,3-6,9H2,1-2H3,(H,24,25);7-10,19H,1-6H2,(H,23,24);7-8,17H,2-6H2,1H3,(H,22,23);1-4H,(H,15,16)(H,17,18);2*1-4H,(H,12,13)(H,14,15)(H,16,17). The number of aromatic amines is 3. The fourth-order valence-corrected chi connectivity index (χ4v) is 14.4. The van der Waals surface area contributed by atoms with E-state index in [-0.39, 0.29) is 95.7 Å². The minimum absolute atomic E-state index is 0.0110. The zero-order valence-electron chi connectivity index (χ0n) is 66.0. The number of piperazine rings is 3. The summed E-state index contributed by atoms with van der Waals surface area (Å²) in [5, 5.41) is 78.2. The normalized spacial score (nSPS) is 15.0. The van der Waals surface area contributed by atoms with Gasteiger partial charge < -0.3 is 104 Å². The van der Waals surface area contributed by atoms with Crippen molar-refractivity contribution in [3.63, 3.8) is 0 Å². The van der Waals surface area contributed by atoms with Gasteiger partial charge in [-0.2, -0.15) is 13.2 Å². The predicted molar refractivity (Wildman–Crippen MR) is 441 cm³/mol. The molecule has 11 heterocycles. The fraction of sp³-hybridized carbons (Fsp3) is 0.265. The molecule has 652 valence electrons. The predicted octanol–water partition coefficient (Wildman–Crippen LogP) is 7.88. The Labute approximate surface area is 696 Å². The summed E-state index contributed by atoms with van der Waals surface area (Å²) in [6, 6.07) is 15.7. The molecule has 12 aromatic rings. The number of halogens is 6. The fourth-order valence-electron chi connectivity index (χ4n) is 14.4. The van der Waals surface area contributed by atoms with Crippen molar-refractivity contribution < 1.29 is 110 Å². The van der Waals surface area contributed by atoms with Crippen LogP contribution in [0.1, 0.15) is 127 Å². The number of aromatic nitrogens is 7. The number of carbonyl (C=O) groups is 8. The number of alkyl halides is 3. The molecule has 125 heavy (non-hydrogen) atoms. The van der Waals surface area contributed by atoms with Crippen molar-refractivity contribution in [1.82, 2.24) is 49.2 Å². The first-order chi connectivity index (χ1) is 59.3. The number of nitrogens with zero attached hydrogens (tertiary/aromatic N) is 8. The number of aromatic carboxylic acids is 8. The van der Waals surface area contributed by atoms with Gasteiger partial charge >= 0.3 is 53.9 Å². The maximum Gasteiger partial charge on any atom is 0.416 e. The van der Waals surface area contributed by atoms with Crippen molar-refractivity contribution in [1.29, 1.82) is 0 Å². The van der Waals surface area contributed by atoms with Gasteiger partial charge in [0.25, 0.3) is 0 Å². The minimum atomic E-state index is -4.52. The average molecular weight is 1740 g/mol. The number of hydrogen-bond acceptors (Lipinski definition) is 22. The molecule has 0 radical (unpaired) electrons. The van der Waals surface area contributed by atoms with Crippen molar-refractivity contribution in [2.24, 2.45) is 0 Å². The summed E-state index contributed by atoms with van der Waals surface area (Å²) >= 11 is 0. The van der Waals surface area contributed by atoms with E-state index in [1.165, 1.54) is 55.0 Å². The number of benzene rings is 5. The number of ether oxygens (including phenoxy) is 1. The Balaban J connectivity index is 0.000000138. The van der Waals surface area contributed by atoms with Gasteiger partial charge in [-0.15, -0.1) is 0 Å². The second-order valence-electron chi connectivity index (χ2n) is 29.1. The molecule has 5 aromatic carbocycles. The van der Waals surface area contributed by atoms with Crippen molar-refractivity contribution in [2.75, 3.05) is 107 Å². The lowest BCUT2D eigenvalue weighted by Gasteiger charge is -2.37. The molecule has 7 aromatic heterocycles. The number of hydrogen-bond donors (Lipinski definition) is 13. The Morgan fingerprint density at radius 1 is 0.480 bits per heavy atom. The lowest BCUT2D eigenvalue weighted by Crippen LogP contribution is -2.45. The van der Waals surface area contributed by atoms with E-state index in [0.717, 1.165) is 107 Å². The molecule has 1 aliphatic carbocycles. The molecule has 5 aliphatic rings. The van der Waals surface area contributed by atoms with E-state index in [1.807, 2.05) is 40.2 Å². The molecule has 4 fully saturated rings. The SMILES string of the molecule is CC1COc2c(N3CCN(C)CC3)c(F)cc3c(=O)c(C(=O)O)cn1c23.CCn1cc(C(=O)O)c(=O)c2cc(F)c(N3CCNCC3)nc21.O=C(O)c1c[nH]c2c(C(=O)O)cccc2c1=O.O=C(O)c1c[nH]c2cc(C(F)(F)F)ccc2c1=O.O=C(O)c1ccc2[nH]cc(C(=O)O)c(=O)c2c1.O=C(O)c1cn(C2CC2)c2cc(N3CCNCC3)c(F)cc2c1=O. The third-order valence-corrected chi connectivity index (χ3v) is 21.1. The quantitative estimate of drug-likeness (QED) is 0.0488. The topological polar surface area (TPSA) is 522 Å². The summed E-state index contributed by atoms with van der Waals surface area (Å²) in [5.74, 6) is -11.5. The number of pyridine rings is 7. The number of nitrogens with one attached hydrogen (secondary N) is 5. The van der Waals surface area contributed by atoms with Gasteiger partial charge in [0.05, 0.1) is 55.7 Å². The van der Waals surface area contributed by atoms with Crippen LogP contribution in [0.4, 0.5) is 43.5 Å². The summed E-state index contributed by atoms with van der Waals surface area (Å²) in [6.07, 6.45) is 4.35. The number of H-pyrrole nitrogens is 3. The Hall–Kier alpha value is -15.1. The number of para-hydroxylation sites is 1. The zero-order valence-corrected chi connectivity index (χ0v) is 66.0. The van der Waals surface area contributed by atoms with E-state index in [9.17, 15) is 104 Å². The van der Waals surface area contributed by atoms with Crippen LogP contribution in [0.2, 0.25) is 0 Å². The van der Waals surface area contributed by atoms with Crippen LogP contribution in [0.25, 0.3) is 65.5 Å². The molecule has 3 saturated heterocycles. The molecule has 1 unspecified atom stereocenters. The van der Waals surface area contributed by atoms with Gasteiger partial charge in [-0.1, -0.05) is 6.07 Å². The van der Waals surface area contributed by atoms with Crippen molar-refractivity contribution >= 4 is 130 Å². The lowest BCUT2D eigenvalue weighted by atomic mass is 10.1. The molecular weight excluding hydrogens is 1660 g/mol. The monoisotopic (exact) mass is 1740 g/mol. The summed E-state index contributed by atoms with van der Waals surface area (Å²) in [6.45, 7) is 13.0. The first-order valence-electron chi connectivity index (χ1n) is 38.2. The highest BCUT2D eigenvalue weighted by atomic mass is 19.4. The summed E-state index contributed by atoms with van der Waals surface area (Å²) in [4.78, 5) is 180. The number of fused-ring (bicyclic) bond motifs is 5. The van der Waals surface area contributed by atoms with Crippen LogP contribution in [-0.4, -0.2) is 219 Å². The molecule has 1 atom stereocenters. The molecule has 0 spiro atoms. The Morgan fingerprint density at radius 3 is 1.54 bits per heavy atom. The van der Waals surface area contributed by atoms with Gasteiger partial charge in [0.1, 0.15) is 57.1 Å². The molecule has 13 N–H and O–H groups in total. The van der Waals surface area contributed by atoms with Crippen LogP contribution in [0.15, 0.2) is 145 Å². The molecule has 17 rings (SSSR count). The maximum absolute atomic E-state index is 15.0. The van der Waals surface area contributed by atoms with Crippen LogP contribution >= 0.6 is 0 Å². The van der Waals surface area contributed by atoms with Crippen molar-refractivity contribution in [3.8, 4) is 5.75 Å². The van der Waals surface area contributed by atoms with Crippen LogP contribution in [0.3, 0.4) is 0 Å². The molecule has 1 saturated carbocycles. The highest BCUT2D eigenvalue weighted by Crippen LogP contribution is 2.43. The third kappa shape index (κ3) is 18.7. The van der Waals surface area contributed by atoms with E-state index in [2.05, 4.69) is 35.5 Å². The van der Waals surface area contributed by atoms with E-state index in [0.29, 0.717) is 85.1 Å². The molecule has 0 bridgehead atoms. The molecular formula is C83H75F6N13O23. The maximum atomic E-state index is 15.0. The van der Waals surface area contributed by atoms with Crippen LogP contribution in [-0.2, 0) is 12.7 Å². The van der Waals surface area contributed by atoms with Gasteiger partial charge in [-0.05, 0) is 107 Å². The zero-order chi connectivity index (χ0) is 90.6.